The SMILES string of the molecule is CC(C)(C)c1cc(C=NC2CCCCC2)c(O)c(C(C)(C)C)c1.CC(C)(C)c1cc(C=[N][Al+2])c(O)c(C(C)(C)C)c1.[Cl-].[Cl-]. The van der Waals surface area contributed by atoms with E-state index >= 15 is 0 Å². The van der Waals surface area contributed by atoms with Gasteiger partial charge in [0, 0.05) is 23.4 Å². The van der Waals surface area contributed by atoms with Crippen LogP contribution < -0.4 is 24.8 Å². The number of hydrogen-bond acceptors (Lipinski definition) is 4. The third-order valence-electron chi connectivity index (χ3n) is 7.84. The van der Waals surface area contributed by atoms with Gasteiger partial charge in [-0.15, -0.1) is 0 Å². The molecule has 0 aliphatic heterocycles. The molecule has 2 N–H and O–H groups in total. The second kappa shape index (κ2) is 16.2. The third-order valence-corrected chi connectivity index (χ3v) is 7.99. The Kier molecular flexibility index (Phi) is 15.6. The zero-order chi connectivity index (χ0) is 31.4. The fourth-order valence-corrected chi connectivity index (χ4v) is 5.18. The van der Waals surface area contributed by atoms with Crippen molar-refractivity contribution in [2.45, 2.75) is 143 Å². The van der Waals surface area contributed by atoms with E-state index in [9.17, 15) is 10.2 Å². The molecule has 1 aliphatic rings. The number of aliphatic imine (C=N–C) groups is 1. The van der Waals surface area contributed by atoms with Crippen molar-refractivity contribution in [1.29, 1.82) is 0 Å². The fraction of sp³-hybridized carbons (Fsp3) is 0.611. The first kappa shape index (κ1) is 41.5. The van der Waals surface area contributed by atoms with Gasteiger partial charge in [0.15, 0.2) is 0 Å². The van der Waals surface area contributed by atoms with E-state index in [4.69, 9.17) is 4.99 Å². The minimum absolute atomic E-state index is 0. The molecule has 0 aromatic heterocycles. The molecule has 3 rings (SSSR count). The van der Waals surface area contributed by atoms with Crippen molar-refractivity contribution in [1.82, 2.24) is 0 Å². The number of rotatable bonds is 3. The summed E-state index contributed by atoms with van der Waals surface area (Å²) in [4.78, 5) is 4.78. The summed E-state index contributed by atoms with van der Waals surface area (Å²) in [5.41, 5.74) is 6.03. The molecule has 2 aromatic rings. The van der Waals surface area contributed by atoms with Crippen molar-refractivity contribution >= 4 is 28.9 Å². The standard InChI is InChI=1S/C21H33NO.C15H22NO.Al.2ClH/c1-20(2,3)16-12-15(14-22-17-10-8-7-9-11-17)19(23)18(13-16)21(4,5)6;1-14(2,3)11-7-10(9-16)13(17)12(8-11)15(4,5)6;;;/h12-14,17,23H,7-11H2,1-6H3;7-9,17H,1-6H3;;2*1H/q;-1;+3;;/p-2. The van der Waals surface area contributed by atoms with Crippen LogP contribution in [0.15, 0.2) is 33.2 Å². The average molecular weight is 646 g/mol. The van der Waals surface area contributed by atoms with Gasteiger partial charge in [-0.2, -0.15) is 0 Å². The van der Waals surface area contributed by atoms with E-state index in [0.29, 0.717) is 17.5 Å². The van der Waals surface area contributed by atoms with E-state index in [2.05, 4.69) is 122 Å². The molecule has 0 radical (unpaired) electrons. The first-order valence-corrected chi connectivity index (χ1v) is 15.7. The molecular formula is C36H55AlCl2N2O2. The quantitative estimate of drug-likeness (QED) is 0.398. The maximum Gasteiger partial charge on any atom is -1.00 e. The molecule has 238 valence electrons. The van der Waals surface area contributed by atoms with Crippen molar-refractivity contribution < 1.29 is 35.0 Å². The molecule has 0 bridgehead atoms. The number of benzene rings is 2. The fourth-order valence-electron chi connectivity index (χ4n) is 5.02. The van der Waals surface area contributed by atoms with Gasteiger partial charge < -0.3 is 29.9 Å². The molecular weight excluding hydrogens is 590 g/mol. The predicted octanol–water partition coefficient (Wildman–Crippen LogP) is 3.24. The number of nitrogens with zero attached hydrogens (tertiary/aromatic N) is 2. The van der Waals surface area contributed by atoms with Crippen LogP contribution >= 0.6 is 0 Å². The van der Waals surface area contributed by atoms with Crippen molar-refractivity contribution in [3.8, 4) is 11.5 Å². The Bertz CT molecular complexity index is 1240. The Balaban J connectivity index is 0.000000806. The Labute approximate surface area is 283 Å². The molecule has 1 aliphatic carbocycles. The second-order valence-corrected chi connectivity index (χ2v) is 16.1. The van der Waals surface area contributed by atoms with E-state index in [0.717, 1.165) is 22.3 Å². The van der Waals surface area contributed by atoms with E-state index < -0.39 is 0 Å². The van der Waals surface area contributed by atoms with Gasteiger partial charge in [-0.05, 0) is 35.3 Å². The van der Waals surface area contributed by atoms with Crippen LogP contribution in [0.25, 0.3) is 0 Å². The van der Waals surface area contributed by atoms with E-state index in [-0.39, 0.29) is 46.5 Å². The predicted molar refractivity (Wildman–Crippen MR) is 179 cm³/mol. The van der Waals surface area contributed by atoms with Crippen LogP contribution in [0.2, 0.25) is 0 Å². The van der Waals surface area contributed by atoms with E-state index in [1.54, 1.807) is 6.21 Å². The maximum absolute atomic E-state index is 10.8. The molecule has 1 fully saturated rings. The van der Waals surface area contributed by atoms with Crippen molar-refractivity contribution in [2.75, 3.05) is 0 Å². The Hall–Kier alpha value is -1.51. The monoisotopic (exact) mass is 644 g/mol. The smallest absolute Gasteiger partial charge is 1.00 e. The molecule has 7 heteroatoms. The number of phenols is 2. The number of phenolic OH excluding ortho intramolecular Hbond substituents is 2. The van der Waals surface area contributed by atoms with Gasteiger partial charge >= 0.3 is 119 Å². The van der Waals surface area contributed by atoms with Gasteiger partial charge in [0.1, 0.15) is 5.75 Å². The summed E-state index contributed by atoms with van der Waals surface area (Å²) >= 11 is 2.30. The topological polar surface area (TPSA) is 65.2 Å². The van der Waals surface area contributed by atoms with Crippen molar-refractivity contribution in [2.24, 2.45) is 8.97 Å². The molecule has 0 heterocycles. The van der Waals surface area contributed by atoms with Gasteiger partial charge in [-0.3, -0.25) is 4.99 Å². The molecule has 0 saturated heterocycles. The number of hydrogen-bond donors (Lipinski definition) is 2. The van der Waals surface area contributed by atoms with Gasteiger partial charge in [0.05, 0.1) is 0 Å². The van der Waals surface area contributed by atoms with Crippen LogP contribution in [0.5, 0.6) is 11.5 Å². The molecule has 0 spiro atoms. The van der Waals surface area contributed by atoms with Crippen LogP contribution in [-0.2, 0) is 21.7 Å². The summed E-state index contributed by atoms with van der Waals surface area (Å²) in [6, 6.07) is 8.82. The van der Waals surface area contributed by atoms with Gasteiger partial charge in [0.2, 0.25) is 0 Å². The largest absolute Gasteiger partial charge is 1.00 e. The number of aromatic hydroxyl groups is 2. The van der Waals surface area contributed by atoms with Crippen LogP contribution in [-0.4, -0.2) is 45.2 Å². The molecule has 43 heavy (non-hydrogen) atoms. The minimum atomic E-state index is -0.0885. The molecule has 0 amide bonds. The molecule has 0 atom stereocenters. The Morgan fingerprint density at radius 2 is 0.977 bits per heavy atom. The summed E-state index contributed by atoms with van der Waals surface area (Å²) in [5.74, 6) is 0.728. The molecule has 0 unspecified atom stereocenters. The second-order valence-electron chi connectivity index (χ2n) is 15.8. The first-order valence-electron chi connectivity index (χ1n) is 15.2. The van der Waals surface area contributed by atoms with Crippen LogP contribution in [0.4, 0.5) is 0 Å². The van der Waals surface area contributed by atoms with Crippen molar-refractivity contribution in [3.63, 3.8) is 0 Å². The maximum atomic E-state index is 10.8. The average Bonchev–Trinajstić information content (AvgIpc) is 2.83. The van der Waals surface area contributed by atoms with E-state index in [1.165, 1.54) is 43.2 Å². The minimum Gasteiger partial charge on any atom is -1.00 e. The Morgan fingerprint density at radius 3 is 1.30 bits per heavy atom. The van der Waals surface area contributed by atoms with Gasteiger partial charge in [-0.25, -0.2) is 0 Å². The zero-order valence-electron chi connectivity index (χ0n) is 28.7. The summed E-state index contributed by atoms with van der Waals surface area (Å²) < 4.78 is 3.94. The molecule has 2 aromatic carbocycles. The summed E-state index contributed by atoms with van der Waals surface area (Å²) in [5, 5.41) is 21.1. The van der Waals surface area contributed by atoms with Crippen LogP contribution in [0, 0.1) is 0 Å². The van der Waals surface area contributed by atoms with E-state index in [1.807, 2.05) is 12.3 Å². The van der Waals surface area contributed by atoms with Crippen LogP contribution in [0.1, 0.15) is 149 Å². The molecule has 1 saturated carbocycles. The first-order chi connectivity index (χ1) is 18.7. The molecule has 4 nitrogen and oxygen atoms in total. The zero-order valence-corrected chi connectivity index (χ0v) is 31.4. The summed E-state index contributed by atoms with van der Waals surface area (Å²) in [6.45, 7) is 25.9. The van der Waals surface area contributed by atoms with Gasteiger partial charge in [-0.1, -0.05) is 66.9 Å². The summed E-state index contributed by atoms with van der Waals surface area (Å²) in [7, 11) is 0. The normalized spacial score (nSPS) is 15.1. The van der Waals surface area contributed by atoms with Crippen molar-refractivity contribution in [3.05, 3.63) is 57.6 Å². The van der Waals surface area contributed by atoms with Gasteiger partial charge in [0.25, 0.3) is 0 Å². The number of halogens is 2. The Morgan fingerprint density at radius 1 is 0.605 bits per heavy atom. The van der Waals surface area contributed by atoms with Crippen LogP contribution in [0.3, 0.4) is 0 Å². The summed E-state index contributed by atoms with van der Waals surface area (Å²) in [6.07, 6.45) is 9.86. The third kappa shape index (κ3) is 12.1.